The number of amides is 2. The van der Waals surface area contributed by atoms with Gasteiger partial charge in [-0.2, -0.15) is 0 Å². The van der Waals surface area contributed by atoms with E-state index in [4.69, 9.17) is 0 Å². The highest BCUT2D eigenvalue weighted by molar-refractivity contribution is 6.04. The SMILES string of the molecule is CC(NC(=O)c1ccc(N(C)C)c([N+](=O)[O-])c1)c1cccc(NC(=O)c2ccccc2)c1. The summed E-state index contributed by atoms with van der Waals surface area (Å²) in [5.41, 5.74) is 2.40. The lowest BCUT2D eigenvalue weighted by Gasteiger charge is -2.17. The zero-order valence-electron chi connectivity index (χ0n) is 18.0. The molecule has 0 fully saturated rings. The van der Waals surface area contributed by atoms with Crippen LogP contribution in [0.25, 0.3) is 0 Å². The number of carbonyl (C=O) groups excluding carboxylic acids is 2. The molecule has 0 aliphatic rings. The maximum atomic E-state index is 12.7. The van der Waals surface area contributed by atoms with Crippen molar-refractivity contribution in [1.82, 2.24) is 5.32 Å². The minimum atomic E-state index is -0.506. The molecule has 164 valence electrons. The molecule has 2 N–H and O–H groups in total. The van der Waals surface area contributed by atoms with E-state index >= 15 is 0 Å². The molecule has 0 radical (unpaired) electrons. The number of nitro benzene ring substituents is 1. The third-order valence-corrected chi connectivity index (χ3v) is 4.94. The van der Waals surface area contributed by atoms with E-state index in [2.05, 4.69) is 10.6 Å². The standard InChI is InChI=1S/C24H24N4O4/c1-16(25-24(30)19-12-13-21(27(2)3)22(15-19)28(31)32)18-10-7-11-20(14-18)26-23(29)17-8-5-4-6-9-17/h4-16H,1-3H3,(H,25,30)(H,26,29). The molecule has 0 saturated heterocycles. The number of carbonyl (C=O) groups is 2. The Morgan fingerprint density at radius 1 is 0.906 bits per heavy atom. The maximum absolute atomic E-state index is 12.7. The number of nitrogens with zero attached hydrogens (tertiary/aromatic N) is 2. The van der Waals surface area contributed by atoms with Gasteiger partial charge >= 0.3 is 0 Å². The molecule has 0 aliphatic heterocycles. The van der Waals surface area contributed by atoms with Gasteiger partial charge in [-0.1, -0.05) is 30.3 Å². The van der Waals surface area contributed by atoms with Crippen molar-refractivity contribution in [2.45, 2.75) is 13.0 Å². The van der Waals surface area contributed by atoms with Crippen molar-refractivity contribution in [3.63, 3.8) is 0 Å². The fraction of sp³-hybridized carbons (Fsp3) is 0.167. The largest absolute Gasteiger partial charge is 0.372 e. The second-order valence-electron chi connectivity index (χ2n) is 7.50. The van der Waals surface area contributed by atoms with E-state index < -0.39 is 10.8 Å². The Hall–Kier alpha value is -4.20. The van der Waals surface area contributed by atoms with Gasteiger partial charge in [0.15, 0.2) is 0 Å². The second kappa shape index (κ2) is 9.74. The molecule has 1 unspecified atom stereocenters. The molecular formula is C24H24N4O4. The fourth-order valence-corrected chi connectivity index (χ4v) is 3.23. The average Bonchev–Trinajstić information content (AvgIpc) is 2.79. The number of hydrogen-bond acceptors (Lipinski definition) is 5. The molecule has 8 heteroatoms. The van der Waals surface area contributed by atoms with Gasteiger partial charge in [0.1, 0.15) is 5.69 Å². The fourth-order valence-electron chi connectivity index (χ4n) is 3.23. The van der Waals surface area contributed by atoms with Gasteiger partial charge in [-0.05, 0) is 48.9 Å². The summed E-state index contributed by atoms with van der Waals surface area (Å²) in [5, 5.41) is 17.1. The lowest BCUT2D eigenvalue weighted by molar-refractivity contribution is -0.384. The van der Waals surface area contributed by atoms with Crippen LogP contribution in [0.3, 0.4) is 0 Å². The Labute approximate surface area is 186 Å². The summed E-state index contributed by atoms with van der Waals surface area (Å²) < 4.78 is 0. The third kappa shape index (κ3) is 5.28. The van der Waals surface area contributed by atoms with Crippen LogP contribution in [-0.2, 0) is 0 Å². The summed E-state index contributed by atoms with van der Waals surface area (Å²) in [6.07, 6.45) is 0. The zero-order valence-corrected chi connectivity index (χ0v) is 18.0. The Morgan fingerprint density at radius 2 is 1.62 bits per heavy atom. The smallest absolute Gasteiger partial charge is 0.293 e. The van der Waals surface area contributed by atoms with Crippen molar-refractivity contribution < 1.29 is 14.5 Å². The second-order valence-corrected chi connectivity index (χ2v) is 7.50. The van der Waals surface area contributed by atoms with E-state index in [9.17, 15) is 19.7 Å². The lowest BCUT2D eigenvalue weighted by atomic mass is 10.1. The van der Waals surface area contributed by atoms with Crippen LogP contribution in [0, 0.1) is 10.1 Å². The van der Waals surface area contributed by atoms with E-state index in [1.54, 1.807) is 80.5 Å². The Balaban J connectivity index is 1.73. The van der Waals surface area contributed by atoms with E-state index in [1.165, 1.54) is 6.07 Å². The predicted molar refractivity (Wildman–Crippen MR) is 124 cm³/mol. The van der Waals surface area contributed by atoms with Crippen molar-refractivity contribution in [1.29, 1.82) is 0 Å². The van der Waals surface area contributed by atoms with Crippen LogP contribution in [-0.4, -0.2) is 30.8 Å². The quantitative estimate of drug-likeness (QED) is 0.425. The zero-order chi connectivity index (χ0) is 23.3. The molecule has 0 aromatic heterocycles. The van der Waals surface area contributed by atoms with Gasteiger partial charge in [0.25, 0.3) is 17.5 Å². The van der Waals surface area contributed by atoms with Crippen LogP contribution in [0.15, 0.2) is 72.8 Å². The van der Waals surface area contributed by atoms with Crippen LogP contribution < -0.4 is 15.5 Å². The highest BCUT2D eigenvalue weighted by atomic mass is 16.6. The lowest BCUT2D eigenvalue weighted by Crippen LogP contribution is -2.27. The van der Waals surface area contributed by atoms with Gasteiger partial charge in [-0.25, -0.2) is 0 Å². The Morgan fingerprint density at radius 3 is 2.28 bits per heavy atom. The molecule has 0 bridgehead atoms. The molecule has 3 aromatic carbocycles. The maximum Gasteiger partial charge on any atom is 0.293 e. The third-order valence-electron chi connectivity index (χ3n) is 4.94. The normalized spacial score (nSPS) is 11.3. The summed E-state index contributed by atoms with van der Waals surface area (Å²) in [6.45, 7) is 1.80. The molecular weight excluding hydrogens is 408 g/mol. The first-order valence-corrected chi connectivity index (χ1v) is 9.99. The van der Waals surface area contributed by atoms with Crippen LogP contribution in [0.2, 0.25) is 0 Å². The van der Waals surface area contributed by atoms with Crippen LogP contribution >= 0.6 is 0 Å². The summed E-state index contributed by atoms with van der Waals surface area (Å²) in [6, 6.07) is 20.0. The Kier molecular flexibility index (Phi) is 6.84. The first-order chi connectivity index (χ1) is 15.3. The first-order valence-electron chi connectivity index (χ1n) is 9.99. The van der Waals surface area contributed by atoms with Gasteiger partial charge in [0.2, 0.25) is 0 Å². The van der Waals surface area contributed by atoms with Gasteiger partial charge in [0.05, 0.1) is 11.0 Å². The number of benzene rings is 3. The van der Waals surface area contributed by atoms with E-state index in [1.807, 2.05) is 12.1 Å². The molecule has 3 aromatic rings. The number of anilines is 2. The summed E-state index contributed by atoms with van der Waals surface area (Å²) >= 11 is 0. The topological polar surface area (TPSA) is 105 Å². The predicted octanol–water partition coefficient (Wildman–Crippen LogP) is 4.40. The molecule has 32 heavy (non-hydrogen) atoms. The van der Waals surface area contributed by atoms with Gasteiger partial charge in [0, 0.05) is 37.0 Å². The first kappa shape index (κ1) is 22.5. The van der Waals surface area contributed by atoms with E-state index in [0.29, 0.717) is 16.9 Å². The van der Waals surface area contributed by atoms with Crippen molar-refractivity contribution in [3.8, 4) is 0 Å². The van der Waals surface area contributed by atoms with Crippen molar-refractivity contribution in [2.24, 2.45) is 0 Å². The van der Waals surface area contributed by atoms with Crippen molar-refractivity contribution in [2.75, 3.05) is 24.3 Å². The van der Waals surface area contributed by atoms with Crippen molar-refractivity contribution >= 4 is 28.9 Å². The number of rotatable bonds is 7. The molecule has 0 aliphatic carbocycles. The summed E-state index contributed by atoms with van der Waals surface area (Å²) in [4.78, 5) is 37.6. The highest BCUT2D eigenvalue weighted by Crippen LogP contribution is 2.28. The van der Waals surface area contributed by atoms with Crippen molar-refractivity contribution in [3.05, 3.63) is 99.6 Å². The van der Waals surface area contributed by atoms with E-state index in [-0.39, 0.29) is 23.2 Å². The molecule has 2 amide bonds. The molecule has 3 rings (SSSR count). The number of hydrogen-bond donors (Lipinski definition) is 2. The Bertz CT molecular complexity index is 1150. The van der Waals surface area contributed by atoms with Crippen LogP contribution in [0.4, 0.5) is 17.1 Å². The summed E-state index contributed by atoms with van der Waals surface area (Å²) in [7, 11) is 3.40. The van der Waals surface area contributed by atoms with Gasteiger partial charge in [-0.15, -0.1) is 0 Å². The molecule has 1 atom stereocenters. The monoisotopic (exact) mass is 432 g/mol. The van der Waals surface area contributed by atoms with Gasteiger partial charge in [-0.3, -0.25) is 19.7 Å². The molecule has 0 spiro atoms. The minimum Gasteiger partial charge on any atom is -0.372 e. The molecule has 8 nitrogen and oxygen atoms in total. The van der Waals surface area contributed by atoms with Gasteiger partial charge < -0.3 is 15.5 Å². The summed E-state index contributed by atoms with van der Waals surface area (Å²) in [5.74, 6) is -0.655. The minimum absolute atomic E-state index is 0.138. The van der Waals surface area contributed by atoms with Crippen LogP contribution in [0.5, 0.6) is 0 Å². The average molecular weight is 432 g/mol. The number of nitrogens with one attached hydrogen (secondary N) is 2. The van der Waals surface area contributed by atoms with Crippen LogP contribution in [0.1, 0.15) is 39.2 Å². The highest BCUT2D eigenvalue weighted by Gasteiger charge is 2.20. The molecule has 0 heterocycles. The molecule has 0 saturated carbocycles. The van der Waals surface area contributed by atoms with E-state index in [0.717, 1.165) is 5.56 Å². The number of nitro groups is 1.